The quantitative estimate of drug-likeness (QED) is 0.587. The Morgan fingerprint density at radius 3 is 2.42 bits per heavy atom. The van der Waals surface area contributed by atoms with Gasteiger partial charge in [0.2, 0.25) is 11.8 Å². The highest BCUT2D eigenvalue weighted by Gasteiger charge is 2.35. The number of aliphatic carboxylic acids is 1. The predicted molar refractivity (Wildman–Crippen MR) is 122 cm³/mol. The Labute approximate surface area is 192 Å². The maximum Gasteiger partial charge on any atom is 0.304 e. The number of likely N-dealkylation sites (tertiary alicyclic amines) is 1. The van der Waals surface area contributed by atoms with Gasteiger partial charge < -0.3 is 14.9 Å². The van der Waals surface area contributed by atoms with Gasteiger partial charge in [-0.05, 0) is 44.4 Å². The number of thioether (sulfide) groups is 1. The monoisotopic (exact) mass is 467 g/mol. The van der Waals surface area contributed by atoms with E-state index in [4.69, 9.17) is 5.11 Å². The molecule has 172 valence electrons. The molecule has 2 fully saturated rings. The van der Waals surface area contributed by atoms with Crippen LogP contribution in [0.2, 0.25) is 0 Å². The molecule has 7 nitrogen and oxygen atoms in total. The third-order valence-corrected chi connectivity index (χ3v) is 8.56. The minimum absolute atomic E-state index is 0.110. The van der Waals surface area contributed by atoms with Crippen molar-refractivity contribution in [2.45, 2.75) is 81.5 Å². The van der Waals surface area contributed by atoms with E-state index in [1.807, 2.05) is 4.90 Å². The molecule has 0 aromatic carbocycles. The number of carboxylic acids is 1. The summed E-state index contributed by atoms with van der Waals surface area (Å²) < 4.78 is 0.955. The van der Waals surface area contributed by atoms with Crippen LogP contribution in [0.5, 0.6) is 0 Å². The lowest BCUT2D eigenvalue weighted by molar-refractivity contribution is -0.139. The first-order valence-electron chi connectivity index (χ1n) is 11.2. The summed E-state index contributed by atoms with van der Waals surface area (Å²) >= 11 is 2.96. The Morgan fingerprint density at radius 1 is 1.16 bits per heavy atom. The third-order valence-electron chi connectivity index (χ3n) is 6.37. The van der Waals surface area contributed by atoms with Gasteiger partial charge in [0.05, 0.1) is 23.2 Å². The average molecular weight is 468 g/mol. The number of rotatable bonds is 8. The standard InChI is InChI=1S/C22H33N3O4S2/c1-15-3-5-17(6-4-15)25(18-7-10-24(11-8-18)16(2)26)20(27)13-19-23-14-22(31-19)30-12-9-21(28)29/h14-15,17-18H,3-13H2,1-2H3,(H,28,29). The molecule has 31 heavy (non-hydrogen) atoms. The Hall–Kier alpha value is -1.61. The minimum Gasteiger partial charge on any atom is -0.481 e. The summed E-state index contributed by atoms with van der Waals surface area (Å²) in [5.41, 5.74) is 0. The molecule has 2 amide bonds. The molecule has 1 aromatic rings. The Kier molecular flexibility index (Phi) is 8.77. The summed E-state index contributed by atoms with van der Waals surface area (Å²) in [5.74, 6) is 0.667. The molecule has 0 spiro atoms. The largest absolute Gasteiger partial charge is 0.481 e. The van der Waals surface area contributed by atoms with E-state index >= 15 is 0 Å². The highest BCUT2D eigenvalue weighted by Crippen LogP contribution is 2.32. The first-order chi connectivity index (χ1) is 14.8. The highest BCUT2D eigenvalue weighted by atomic mass is 32.2. The van der Waals surface area contributed by atoms with Crippen LogP contribution in [0.15, 0.2) is 10.4 Å². The molecular weight excluding hydrogens is 434 g/mol. The van der Waals surface area contributed by atoms with Crippen molar-refractivity contribution in [1.29, 1.82) is 0 Å². The van der Waals surface area contributed by atoms with Crippen LogP contribution in [0.25, 0.3) is 0 Å². The number of aromatic nitrogens is 1. The predicted octanol–water partition coefficient (Wildman–Crippen LogP) is 3.67. The zero-order valence-electron chi connectivity index (χ0n) is 18.4. The van der Waals surface area contributed by atoms with Crippen molar-refractivity contribution < 1.29 is 19.5 Å². The number of thiazole rings is 1. The lowest BCUT2D eigenvalue weighted by Crippen LogP contribution is -2.53. The number of nitrogens with zero attached hydrogens (tertiary/aromatic N) is 3. The molecular formula is C22H33N3O4S2. The molecule has 9 heteroatoms. The first-order valence-corrected chi connectivity index (χ1v) is 13.0. The number of carbonyl (C=O) groups is 3. The fourth-order valence-electron chi connectivity index (χ4n) is 4.59. The van der Waals surface area contributed by atoms with E-state index in [9.17, 15) is 14.4 Å². The van der Waals surface area contributed by atoms with Gasteiger partial charge in [-0.2, -0.15) is 0 Å². The van der Waals surface area contributed by atoms with Crippen LogP contribution in [-0.2, 0) is 20.8 Å². The third kappa shape index (κ3) is 6.94. The van der Waals surface area contributed by atoms with E-state index in [0.29, 0.717) is 25.3 Å². The van der Waals surface area contributed by atoms with Gasteiger partial charge in [0.1, 0.15) is 5.01 Å². The second-order valence-electron chi connectivity index (χ2n) is 8.69. The maximum absolute atomic E-state index is 13.4. The summed E-state index contributed by atoms with van der Waals surface area (Å²) in [7, 11) is 0. The van der Waals surface area contributed by atoms with Crippen LogP contribution >= 0.6 is 23.1 Å². The molecule has 3 rings (SSSR count). The van der Waals surface area contributed by atoms with Gasteiger partial charge in [0, 0.05) is 37.8 Å². The van der Waals surface area contributed by atoms with Gasteiger partial charge in [-0.25, -0.2) is 4.98 Å². The number of hydrogen-bond donors (Lipinski definition) is 1. The van der Waals surface area contributed by atoms with Crippen molar-refractivity contribution in [2.24, 2.45) is 5.92 Å². The van der Waals surface area contributed by atoms with Crippen LogP contribution in [0, 0.1) is 5.92 Å². The zero-order valence-corrected chi connectivity index (χ0v) is 20.1. The van der Waals surface area contributed by atoms with Crippen LogP contribution in [-0.4, -0.2) is 68.6 Å². The van der Waals surface area contributed by atoms with Crippen molar-refractivity contribution in [3.8, 4) is 0 Å². The zero-order chi connectivity index (χ0) is 22.4. The van der Waals surface area contributed by atoms with E-state index in [1.54, 1.807) is 13.1 Å². The van der Waals surface area contributed by atoms with Crippen molar-refractivity contribution in [3.05, 3.63) is 11.2 Å². The van der Waals surface area contributed by atoms with Gasteiger partial charge in [-0.3, -0.25) is 14.4 Å². The van der Waals surface area contributed by atoms with Crippen molar-refractivity contribution in [3.63, 3.8) is 0 Å². The highest BCUT2D eigenvalue weighted by molar-refractivity contribution is 8.01. The molecule has 1 saturated carbocycles. The number of carbonyl (C=O) groups excluding carboxylic acids is 2. The lowest BCUT2D eigenvalue weighted by atomic mass is 9.85. The van der Waals surface area contributed by atoms with Gasteiger partial charge in [-0.15, -0.1) is 23.1 Å². The van der Waals surface area contributed by atoms with Crippen LogP contribution in [0.3, 0.4) is 0 Å². The molecule has 1 aliphatic carbocycles. The van der Waals surface area contributed by atoms with E-state index in [-0.39, 0.29) is 30.3 Å². The second kappa shape index (κ2) is 11.3. The topological polar surface area (TPSA) is 90.8 Å². The fraction of sp³-hybridized carbons (Fsp3) is 0.727. The number of piperidine rings is 1. The van der Waals surface area contributed by atoms with E-state index in [1.165, 1.54) is 23.1 Å². The SMILES string of the molecule is CC(=O)N1CCC(N(C(=O)Cc2ncc(SCCC(=O)O)s2)C2CCC(C)CC2)CC1. The smallest absolute Gasteiger partial charge is 0.304 e. The minimum atomic E-state index is -0.805. The van der Waals surface area contributed by atoms with E-state index < -0.39 is 5.97 Å². The summed E-state index contributed by atoms with van der Waals surface area (Å²) in [5, 5.41) is 9.58. The van der Waals surface area contributed by atoms with Gasteiger partial charge in [0.25, 0.3) is 0 Å². The summed E-state index contributed by atoms with van der Waals surface area (Å²) in [6, 6.07) is 0.466. The molecule has 2 aliphatic rings. The van der Waals surface area contributed by atoms with Crippen molar-refractivity contribution in [1.82, 2.24) is 14.8 Å². The Morgan fingerprint density at radius 2 is 1.81 bits per heavy atom. The van der Waals surface area contributed by atoms with E-state index in [0.717, 1.165) is 53.7 Å². The number of amides is 2. The molecule has 1 aliphatic heterocycles. The van der Waals surface area contributed by atoms with Crippen molar-refractivity contribution in [2.75, 3.05) is 18.8 Å². The Bertz CT molecular complexity index is 769. The van der Waals surface area contributed by atoms with Crippen LogP contribution in [0.4, 0.5) is 0 Å². The van der Waals surface area contributed by atoms with Crippen LogP contribution in [0.1, 0.15) is 63.8 Å². The van der Waals surface area contributed by atoms with E-state index in [2.05, 4.69) is 16.8 Å². The van der Waals surface area contributed by atoms with Gasteiger partial charge in [-0.1, -0.05) is 6.92 Å². The molecule has 0 radical (unpaired) electrons. The molecule has 1 N–H and O–H groups in total. The molecule has 0 unspecified atom stereocenters. The maximum atomic E-state index is 13.4. The normalized spacial score (nSPS) is 22.3. The molecule has 1 saturated heterocycles. The summed E-state index contributed by atoms with van der Waals surface area (Å²) in [6.07, 6.45) is 8.24. The number of hydrogen-bond acceptors (Lipinski definition) is 6. The lowest BCUT2D eigenvalue weighted by Gasteiger charge is -2.44. The molecule has 2 heterocycles. The Balaban J connectivity index is 1.64. The van der Waals surface area contributed by atoms with Gasteiger partial charge in [0.15, 0.2) is 0 Å². The van der Waals surface area contributed by atoms with Gasteiger partial charge >= 0.3 is 5.97 Å². The van der Waals surface area contributed by atoms with Crippen LogP contribution < -0.4 is 0 Å². The van der Waals surface area contributed by atoms with Crippen molar-refractivity contribution >= 4 is 40.9 Å². The average Bonchev–Trinajstić information content (AvgIpc) is 3.17. The first kappa shape index (κ1) is 24.0. The fourth-order valence-corrected chi connectivity index (χ4v) is 6.60. The molecule has 0 atom stereocenters. The molecule has 0 bridgehead atoms. The number of carboxylic acid groups (broad SMARTS) is 1. The summed E-state index contributed by atoms with van der Waals surface area (Å²) in [6.45, 7) is 5.33. The molecule has 1 aromatic heterocycles. The summed E-state index contributed by atoms with van der Waals surface area (Å²) in [4.78, 5) is 44.3. The second-order valence-corrected chi connectivity index (χ2v) is 11.2.